The highest BCUT2D eigenvalue weighted by Gasteiger charge is 2.39. The third kappa shape index (κ3) is 5.89. The molecule has 1 aliphatic heterocycles. The Kier molecular flexibility index (Phi) is 8.17. The Labute approximate surface area is 217 Å². The van der Waals surface area contributed by atoms with Gasteiger partial charge in [0.15, 0.2) is 5.75 Å². The molecule has 10 nitrogen and oxygen atoms in total. The van der Waals surface area contributed by atoms with Crippen LogP contribution in [0.3, 0.4) is 0 Å². The Morgan fingerprint density at radius 3 is 2.55 bits per heavy atom. The number of ether oxygens (including phenoxy) is 4. The number of hydrogen-bond donors (Lipinski definition) is 0. The van der Waals surface area contributed by atoms with Crippen molar-refractivity contribution in [2.75, 3.05) is 45.5 Å². The lowest BCUT2D eigenvalue weighted by Crippen LogP contribution is -2.26. The maximum atomic E-state index is 13.3. The molecule has 0 spiro atoms. The largest absolute Gasteiger partial charge is 0.491 e. The predicted octanol–water partition coefficient (Wildman–Crippen LogP) is 3.98. The molecule has 4 rings (SSSR count). The van der Waals surface area contributed by atoms with Crippen LogP contribution in [0, 0.1) is 6.92 Å². The van der Waals surface area contributed by atoms with E-state index >= 15 is 0 Å². The highest BCUT2D eigenvalue weighted by molar-refractivity contribution is 6.11. The van der Waals surface area contributed by atoms with E-state index < -0.39 is 18.8 Å². The molecule has 0 saturated heterocycles. The summed E-state index contributed by atoms with van der Waals surface area (Å²) in [4.78, 5) is 23.8. The Morgan fingerprint density at radius 1 is 1.08 bits per heavy atom. The molecule has 13 heteroatoms. The second kappa shape index (κ2) is 11.4. The van der Waals surface area contributed by atoms with Crippen LogP contribution in [0.4, 0.5) is 18.9 Å². The van der Waals surface area contributed by atoms with Crippen LogP contribution in [-0.2, 0) is 16.0 Å². The van der Waals surface area contributed by atoms with E-state index in [1.54, 1.807) is 39.3 Å². The normalized spacial score (nSPS) is 15.2. The smallest absolute Gasteiger partial charge is 0.408 e. The van der Waals surface area contributed by atoms with Gasteiger partial charge in [0.1, 0.15) is 13.2 Å². The zero-order chi connectivity index (χ0) is 27.4. The molecule has 3 aromatic heterocycles. The number of methoxy groups -OCH3 is 2. The van der Waals surface area contributed by atoms with E-state index in [9.17, 15) is 18.0 Å². The second-order valence-electron chi connectivity index (χ2n) is 8.63. The quantitative estimate of drug-likeness (QED) is 0.340. The molecule has 0 radical (unpaired) electrons. The number of carbonyl (C=O) groups is 1. The van der Waals surface area contributed by atoms with Gasteiger partial charge in [0.25, 0.3) is 11.8 Å². The van der Waals surface area contributed by atoms with Crippen LogP contribution in [0.5, 0.6) is 11.6 Å². The number of carbonyl (C=O) groups excluding carboxylic acids is 1. The van der Waals surface area contributed by atoms with Crippen molar-refractivity contribution in [1.29, 1.82) is 0 Å². The number of anilines is 1. The molecule has 204 valence electrons. The van der Waals surface area contributed by atoms with Gasteiger partial charge < -0.3 is 18.9 Å². The highest BCUT2D eigenvalue weighted by Crippen LogP contribution is 2.39. The Morgan fingerprint density at radius 2 is 1.84 bits per heavy atom. The number of halogens is 3. The number of alkyl halides is 3. The van der Waals surface area contributed by atoms with Crippen LogP contribution in [0.25, 0.3) is 11.3 Å². The first kappa shape index (κ1) is 27.3. The van der Waals surface area contributed by atoms with E-state index in [1.807, 2.05) is 0 Å². The third-order valence-electron chi connectivity index (χ3n) is 5.93. The SMILES string of the molecule is COCCOCCOc1ncc(-c2cc(C)c3c(n2)C(C)N(c2cnn(CC(F)(F)F)c2)C3=O)cc1OC. The van der Waals surface area contributed by atoms with Crippen LogP contribution >= 0.6 is 0 Å². The number of rotatable bonds is 11. The average Bonchev–Trinajstić information content (AvgIpc) is 3.41. The Bertz CT molecular complexity index is 1300. The van der Waals surface area contributed by atoms with Gasteiger partial charge >= 0.3 is 6.18 Å². The van der Waals surface area contributed by atoms with Crippen molar-refractivity contribution in [3.8, 4) is 22.9 Å². The molecule has 4 heterocycles. The molecule has 1 unspecified atom stereocenters. The number of aryl methyl sites for hydroxylation is 1. The molecule has 0 N–H and O–H groups in total. The first-order valence-electron chi connectivity index (χ1n) is 11.8. The number of hydrogen-bond acceptors (Lipinski definition) is 8. The summed E-state index contributed by atoms with van der Waals surface area (Å²) in [5, 5.41) is 3.77. The predicted molar refractivity (Wildman–Crippen MR) is 130 cm³/mol. The van der Waals surface area contributed by atoms with E-state index in [4.69, 9.17) is 23.9 Å². The summed E-state index contributed by atoms with van der Waals surface area (Å²) in [5.74, 6) is 0.361. The summed E-state index contributed by atoms with van der Waals surface area (Å²) in [6.07, 6.45) is -0.371. The molecule has 3 aromatic rings. The molecular weight excluding hydrogens is 507 g/mol. The fourth-order valence-electron chi connectivity index (χ4n) is 4.20. The van der Waals surface area contributed by atoms with Crippen LogP contribution < -0.4 is 14.4 Å². The Hall–Kier alpha value is -3.71. The van der Waals surface area contributed by atoms with Gasteiger partial charge in [-0.1, -0.05) is 0 Å². The van der Waals surface area contributed by atoms with E-state index in [0.717, 1.165) is 4.68 Å². The number of fused-ring (bicyclic) bond motifs is 1. The van der Waals surface area contributed by atoms with Crippen LogP contribution in [-0.4, -0.2) is 72.5 Å². The van der Waals surface area contributed by atoms with Crippen molar-refractivity contribution in [3.05, 3.63) is 47.5 Å². The minimum absolute atomic E-state index is 0.265. The van der Waals surface area contributed by atoms with Crippen molar-refractivity contribution in [2.45, 2.75) is 32.6 Å². The zero-order valence-electron chi connectivity index (χ0n) is 21.4. The molecule has 0 saturated carbocycles. The number of pyridine rings is 2. The summed E-state index contributed by atoms with van der Waals surface area (Å²) in [6.45, 7) is 3.90. The lowest BCUT2D eigenvalue weighted by molar-refractivity contribution is -0.142. The summed E-state index contributed by atoms with van der Waals surface area (Å²) in [6, 6.07) is 2.99. The topological polar surface area (TPSA) is 101 Å². The van der Waals surface area contributed by atoms with Crippen molar-refractivity contribution >= 4 is 11.6 Å². The van der Waals surface area contributed by atoms with Gasteiger partial charge in [-0.25, -0.2) is 9.97 Å². The summed E-state index contributed by atoms with van der Waals surface area (Å²) >= 11 is 0. The summed E-state index contributed by atoms with van der Waals surface area (Å²) in [7, 11) is 3.10. The monoisotopic (exact) mass is 535 g/mol. The number of aromatic nitrogens is 4. The van der Waals surface area contributed by atoms with Gasteiger partial charge in [-0.15, -0.1) is 0 Å². The molecule has 1 atom stereocenters. The van der Waals surface area contributed by atoms with Crippen molar-refractivity contribution < 1.29 is 36.9 Å². The van der Waals surface area contributed by atoms with Crippen molar-refractivity contribution in [1.82, 2.24) is 19.7 Å². The third-order valence-corrected chi connectivity index (χ3v) is 5.93. The number of amides is 1. The van der Waals surface area contributed by atoms with E-state index in [-0.39, 0.29) is 18.2 Å². The van der Waals surface area contributed by atoms with Gasteiger partial charge in [0.2, 0.25) is 0 Å². The maximum Gasteiger partial charge on any atom is 0.408 e. The van der Waals surface area contributed by atoms with Crippen LogP contribution in [0.2, 0.25) is 0 Å². The first-order chi connectivity index (χ1) is 18.1. The average molecular weight is 536 g/mol. The molecule has 38 heavy (non-hydrogen) atoms. The van der Waals surface area contributed by atoms with Gasteiger partial charge in [0, 0.05) is 25.1 Å². The van der Waals surface area contributed by atoms with Crippen LogP contribution in [0.1, 0.15) is 34.6 Å². The summed E-state index contributed by atoms with van der Waals surface area (Å²) < 4.78 is 60.5. The van der Waals surface area contributed by atoms with Gasteiger partial charge in [-0.2, -0.15) is 18.3 Å². The van der Waals surface area contributed by atoms with Gasteiger partial charge in [0.05, 0.1) is 61.8 Å². The standard InChI is InChI=1S/C25H28F3N5O5/c1-15-9-19(17-10-20(36-4)23(29-11-17)38-8-7-37-6-5-35-3)31-22-16(2)33(24(34)21(15)22)18-12-30-32(13-18)14-25(26,27)28/h9-13,16H,5-8,14H2,1-4H3. The lowest BCUT2D eigenvalue weighted by Gasteiger charge is -2.19. The van der Waals surface area contributed by atoms with E-state index in [1.165, 1.54) is 24.4 Å². The van der Waals surface area contributed by atoms with Crippen LogP contribution in [0.15, 0.2) is 30.7 Å². The minimum atomic E-state index is -4.42. The molecule has 1 aliphatic rings. The molecule has 1 amide bonds. The molecule has 0 bridgehead atoms. The zero-order valence-corrected chi connectivity index (χ0v) is 21.4. The van der Waals surface area contributed by atoms with Gasteiger partial charge in [-0.05, 0) is 31.5 Å². The first-order valence-corrected chi connectivity index (χ1v) is 11.8. The fourth-order valence-corrected chi connectivity index (χ4v) is 4.20. The lowest BCUT2D eigenvalue weighted by atomic mass is 10.0. The summed E-state index contributed by atoms with van der Waals surface area (Å²) in [5.41, 5.74) is 3.09. The van der Waals surface area contributed by atoms with Gasteiger partial charge in [-0.3, -0.25) is 14.4 Å². The highest BCUT2D eigenvalue weighted by atomic mass is 19.4. The van der Waals surface area contributed by atoms with Crippen molar-refractivity contribution in [3.63, 3.8) is 0 Å². The van der Waals surface area contributed by atoms with E-state index in [0.29, 0.717) is 59.5 Å². The fraction of sp³-hybridized carbons (Fsp3) is 0.440. The Balaban J connectivity index is 1.55. The van der Waals surface area contributed by atoms with E-state index in [2.05, 4.69) is 10.1 Å². The maximum absolute atomic E-state index is 13.3. The molecule has 0 aromatic carbocycles. The molecule has 0 fully saturated rings. The molecule has 0 aliphatic carbocycles. The number of nitrogens with zero attached hydrogens (tertiary/aromatic N) is 5. The van der Waals surface area contributed by atoms with Crippen molar-refractivity contribution in [2.24, 2.45) is 0 Å². The second-order valence-corrected chi connectivity index (χ2v) is 8.63. The molecular formula is C25H28F3N5O5. The minimum Gasteiger partial charge on any atom is -0.491 e.